The number of anilines is 1. The Morgan fingerprint density at radius 1 is 0.962 bits per heavy atom. The van der Waals surface area contributed by atoms with Crippen LogP contribution >= 0.6 is 0 Å². The minimum absolute atomic E-state index is 0.474. The molecular formula is C19H20N6O. The van der Waals surface area contributed by atoms with Gasteiger partial charge in [-0.25, -0.2) is 15.0 Å². The van der Waals surface area contributed by atoms with Crippen LogP contribution in [0.25, 0.3) is 17.2 Å². The van der Waals surface area contributed by atoms with Crippen molar-refractivity contribution in [1.29, 1.82) is 0 Å². The van der Waals surface area contributed by atoms with Gasteiger partial charge < -0.3 is 9.64 Å². The van der Waals surface area contributed by atoms with Gasteiger partial charge in [0.05, 0.1) is 18.8 Å². The molecule has 0 amide bonds. The van der Waals surface area contributed by atoms with E-state index in [4.69, 9.17) is 14.8 Å². The SMILES string of the molecule is c1ccc(-n2nc(C3CC3)nc2-c2cccnc2N2CCOCC2)nc1. The third-order valence-electron chi connectivity index (χ3n) is 4.77. The largest absolute Gasteiger partial charge is 0.378 e. The summed E-state index contributed by atoms with van der Waals surface area (Å²) >= 11 is 0. The van der Waals surface area contributed by atoms with Gasteiger partial charge in [0.1, 0.15) is 5.82 Å². The molecule has 3 aromatic rings. The Bertz CT molecular complexity index is 899. The van der Waals surface area contributed by atoms with Gasteiger partial charge >= 0.3 is 0 Å². The molecule has 132 valence electrons. The van der Waals surface area contributed by atoms with Crippen LogP contribution in [0, 0.1) is 0 Å². The molecule has 5 rings (SSSR count). The van der Waals surface area contributed by atoms with E-state index in [0.717, 1.165) is 68.0 Å². The second-order valence-electron chi connectivity index (χ2n) is 6.64. The molecule has 4 heterocycles. The maximum atomic E-state index is 5.49. The number of ether oxygens (including phenoxy) is 1. The van der Waals surface area contributed by atoms with Gasteiger partial charge in [0.25, 0.3) is 0 Å². The van der Waals surface area contributed by atoms with Gasteiger partial charge in [-0.05, 0) is 37.1 Å². The molecule has 1 aliphatic heterocycles. The normalized spacial score (nSPS) is 17.5. The number of nitrogens with zero attached hydrogens (tertiary/aromatic N) is 6. The molecular weight excluding hydrogens is 328 g/mol. The standard InChI is InChI=1S/C19H20N6O/c1-2-8-20-16(5-1)25-19(22-17(23-25)14-6-7-14)15-4-3-9-21-18(15)24-10-12-26-13-11-24/h1-5,8-9,14H,6-7,10-13H2. The zero-order valence-corrected chi connectivity index (χ0v) is 14.5. The molecule has 1 saturated heterocycles. The monoisotopic (exact) mass is 348 g/mol. The highest BCUT2D eigenvalue weighted by atomic mass is 16.5. The van der Waals surface area contributed by atoms with E-state index in [2.05, 4.69) is 20.9 Å². The van der Waals surface area contributed by atoms with Gasteiger partial charge in [0.2, 0.25) is 0 Å². The molecule has 0 spiro atoms. The molecule has 2 fully saturated rings. The molecule has 0 unspecified atom stereocenters. The Balaban J connectivity index is 1.64. The van der Waals surface area contributed by atoms with E-state index in [9.17, 15) is 0 Å². The average molecular weight is 348 g/mol. The summed E-state index contributed by atoms with van der Waals surface area (Å²) in [6.45, 7) is 3.10. The highest BCUT2D eigenvalue weighted by molar-refractivity contribution is 5.72. The van der Waals surface area contributed by atoms with Crippen molar-refractivity contribution in [2.45, 2.75) is 18.8 Å². The lowest BCUT2D eigenvalue weighted by atomic mass is 10.2. The molecule has 26 heavy (non-hydrogen) atoms. The van der Waals surface area contributed by atoms with Crippen molar-refractivity contribution >= 4 is 5.82 Å². The van der Waals surface area contributed by atoms with Crippen LogP contribution in [0.5, 0.6) is 0 Å². The van der Waals surface area contributed by atoms with Crippen LogP contribution in [-0.2, 0) is 4.74 Å². The predicted molar refractivity (Wildman–Crippen MR) is 97.4 cm³/mol. The summed E-state index contributed by atoms with van der Waals surface area (Å²) in [4.78, 5) is 16.3. The predicted octanol–water partition coefficient (Wildman–Crippen LogP) is 2.44. The third-order valence-corrected chi connectivity index (χ3v) is 4.77. The fourth-order valence-corrected chi connectivity index (χ4v) is 3.25. The minimum Gasteiger partial charge on any atom is -0.378 e. The van der Waals surface area contributed by atoms with E-state index >= 15 is 0 Å². The van der Waals surface area contributed by atoms with Crippen LogP contribution in [-0.4, -0.2) is 51.0 Å². The Hall–Kier alpha value is -2.80. The summed E-state index contributed by atoms with van der Waals surface area (Å²) in [5.41, 5.74) is 0.986. The van der Waals surface area contributed by atoms with Crippen molar-refractivity contribution < 1.29 is 4.74 Å². The first-order valence-corrected chi connectivity index (χ1v) is 9.06. The molecule has 0 N–H and O–H groups in total. The molecule has 7 heteroatoms. The Morgan fingerprint density at radius 3 is 2.58 bits per heavy atom. The second-order valence-corrected chi connectivity index (χ2v) is 6.64. The zero-order chi connectivity index (χ0) is 17.3. The van der Waals surface area contributed by atoms with Crippen molar-refractivity contribution in [2.75, 3.05) is 31.2 Å². The third kappa shape index (κ3) is 2.84. The van der Waals surface area contributed by atoms with E-state index in [1.165, 1.54) is 0 Å². The number of hydrogen-bond acceptors (Lipinski definition) is 6. The fraction of sp³-hybridized carbons (Fsp3) is 0.368. The van der Waals surface area contributed by atoms with Crippen LogP contribution in [0.2, 0.25) is 0 Å². The van der Waals surface area contributed by atoms with Gasteiger partial charge in [-0.1, -0.05) is 6.07 Å². The molecule has 2 aliphatic rings. The van der Waals surface area contributed by atoms with Crippen molar-refractivity contribution in [2.24, 2.45) is 0 Å². The van der Waals surface area contributed by atoms with E-state index in [1.807, 2.05) is 35.1 Å². The molecule has 0 aromatic carbocycles. The van der Waals surface area contributed by atoms with Crippen LogP contribution in [0.15, 0.2) is 42.7 Å². The number of hydrogen-bond donors (Lipinski definition) is 0. The van der Waals surface area contributed by atoms with E-state index in [0.29, 0.717) is 5.92 Å². The highest BCUT2D eigenvalue weighted by Crippen LogP contribution is 2.40. The first-order valence-electron chi connectivity index (χ1n) is 9.06. The van der Waals surface area contributed by atoms with Gasteiger partial charge in [0, 0.05) is 31.4 Å². The molecule has 1 saturated carbocycles. The molecule has 0 bridgehead atoms. The lowest BCUT2D eigenvalue weighted by molar-refractivity contribution is 0.122. The van der Waals surface area contributed by atoms with Crippen molar-refractivity contribution in [3.63, 3.8) is 0 Å². The van der Waals surface area contributed by atoms with Gasteiger partial charge in [0.15, 0.2) is 17.5 Å². The Kier molecular flexibility index (Phi) is 3.86. The van der Waals surface area contributed by atoms with Crippen molar-refractivity contribution in [3.05, 3.63) is 48.5 Å². The number of pyridine rings is 2. The lowest BCUT2D eigenvalue weighted by Crippen LogP contribution is -2.37. The van der Waals surface area contributed by atoms with Crippen LogP contribution in [0.4, 0.5) is 5.82 Å². The molecule has 3 aromatic heterocycles. The van der Waals surface area contributed by atoms with E-state index in [1.54, 1.807) is 6.20 Å². The summed E-state index contributed by atoms with van der Waals surface area (Å²) < 4.78 is 7.35. The summed E-state index contributed by atoms with van der Waals surface area (Å²) in [7, 11) is 0. The van der Waals surface area contributed by atoms with Gasteiger partial charge in [-0.2, -0.15) is 4.68 Å². The quantitative estimate of drug-likeness (QED) is 0.721. The van der Waals surface area contributed by atoms with Crippen LogP contribution in [0.1, 0.15) is 24.6 Å². The first kappa shape index (κ1) is 15.5. The van der Waals surface area contributed by atoms with E-state index in [-0.39, 0.29) is 0 Å². The summed E-state index contributed by atoms with van der Waals surface area (Å²) in [6.07, 6.45) is 5.94. The Labute approximate surface area is 151 Å². The summed E-state index contributed by atoms with van der Waals surface area (Å²) in [5, 5.41) is 4.78. The number of morpholine rings is 1. The van der Waals surface area contributed by atoms with E-state index < -0.39 is 0 Å². The molecule has 7 nitrogen and oxygen atoms in total. The molecule has 1 aliphatic carbocycles. The number of aromatic nitrogens is 5. The maximum Gasteiger partial charge on any atom is 0.169 e. The van der Waals surface area contributed by atoms with Crippen LogP contribution in [0.3, 0.4) is 0 Å². The average Bonchev–Trinajstić information content (AvgIpc) is 3.48. The smallest absolute Gasteiger partial charge is 0.169 e. The van der Waals surface area contributed by atoms with Crippen molar-refractivity contribution in [3.8, 4) is 17.2 Å². The maximum absolute atomic E-state index is 5.49. The topological polar surface area (TPSA) is 69.0 Å². The molecule has 0 radical (unpaired) electrons. The Morgan fingerprint density at radius 2 is 1.81 bits per heavy atom. The lowest BCUT2D eigenvalue weighted by Gasteiger charge is -2.29. The minimum atomic E-state index is 0.474. The highest BCUT2D eigenvalue weighted by Gasteiger charge is 2.30. The van der Waals surface area contributed by atoms with Crippen LogP contribution < -0.4 is 4.90 Å². The summed E-state index contributed by atoms with van der Waals surface area (Å²) in [5.74, 6) is 3.89. The number of rotatable bonds is 4. The van der Waals surface area contributed by atoms with Crippen molar-refractivity contribution in [1.82, 2.24) is 24.7 Å². The molecule has 0 atom stereocenters. The first-order chi connectivity index (χ1) is 12.9. The second kappa shape index (κ2) is 6.49. The zero-order valence-electron chi connectivity index (χ0n) is 14.5. The van der Waals surface area contributed by atoms with Gasteiger partial charge in [-0.3, -0.25) is 0 Å². The summed E-state index contributed by atoms with van der Waals surface area (Å²) in [6, 6.07) is 9.85. The van der Waals surface area contributed by atoms with Gasteiger partial charge in [-0.15, -0.1) is 5.10 Å². The fourth-order valence-electron chi connectivity index (χ4n) is 3.25.